The molecule has 0 saturated heterocycles. The molecule has 0 fully saturated rings. The molecule has 7 heteroatoms. The van der Waals surface area contributed by atoms with Gasteiger partial charge in [-0.15, -0.1) is 0 Å². The summed E-state index contributed by atoms with van der Waals surface area (Å²) in [5, 5.41) is 7.65. The number of pyridine rings is 1. The Morgan fingerprint density at radius 1 is 1.10 bits per heavy atom. The van der Waals surface area contributed by atoms with Crippen molar-refractivity contribution in [1.82, 2.24) is 30.0 Å². The first-order valence-electron chi connectivity index (χ1n) is 14.4. The maximum Gasteiger partial charge on any atom is 0.161 e. The third-order valence-electron chi connectivity index (χ3n) is 7.53. The fraction of sp³-hybridized carbons (Fsp3) is 0.286. The summed E-state index contributed by atoms with van der Waals surface area (Å²) >= 11 is 0. The van der Waals surface area contributed by atoms with E-state index in [1.807, 2.05) is 51.1 Å². The van der Waals surface area contributed by atoms with E-state index in [-0.39, 0.29) is 11.7 Å². The van der Waals surface area contributed by atoms with Crippen LogP contribution >= 0.6 is 0 Å². The zero-order valence-electron chi connectivity index (χ0n) is 25.6. The van der Waals surface area contributed by atoms with Crippen molar-refractivity contribution in [2.24, 2.45) is 0 Å². The average Bonchev–Trinajstić information content (AvgIpc) is 3.55. The first-order valence-corrected chi connectivity index (χ1v) is 14.4. The van der Waals surface area contributed by atoms with Crippen molar-refractivity contribution in [2.75, 3.05) is 20.6 Å². The van der Waals surface area contributed by atoms with Gasteiger partial charge in [-0.3, -0.25) is 5.10 Å². The molecule has 1 unspecified atom stereocenters. The molecule has 0 radical (unpaired) electrons. The Hall–Kier alpha value is -4.36. The van der Waals surface area contributed by atoms with E-state index in [0.29, 0.717) is 22.7 Å². The van der Waals surface area contributed by atoms with Gasteiger partial charge in [-0.1, -0.05) is 56.5 Å². The molecule has 0 aliphatic rings. The average molecular weight is 565 g/mol. The number of benzene rings is 1. The highest BCUT2D eigenvalue weighted by molar-refractivity contribution is 5.91. The maximum atomic E-state index is 15.1. The minimum absolute atomic E-state index is 0.255. The van der Waals surface area contributed by atoms with Gasteiger partial charge in [0.05, 0.1) is 16.9 Å². The highest BCUT2D eigenvalue weighted by atomic mass is 19.1. The molecule has 218 valence electrons. The fourth-order valence-electron chi connectivity index (χ4n) is 5.35. The van der Waals surface area contributed by atoms with E-state index in [0.717, 1.165) is 64.1 Å². The molecule has 0 bridgehead atoms. The van der Waals surface area contributed by atoms with Crippen molar-refractivity contribution >= 4 is 22.2 Å². The summed E-state index contributed by atoms with van der Waals surface area (Å²) in [6.07, 6.45) is 11.3. The van der Waals surface area contributed by atoms with Gasteiger partial charge in [0, 0.05) is 11.3 Å². The molecule has 6 nitrogen and oxygen atoms in total. The number of imidazole rings is 1. The second-order valence-electron chi connectivity index (χ2n) is 10.8. The van der Waals surface area contributed by atoms with Crippen LogP contribution in [0.25, 0.3) is 33.7 Å². The molecule has 0 aliphatic heterocycles. The molecule has 0 aliphatic carbocycles. The third kappa shape index (κ3) is 6.58. The van der Waals surface area contributed by atoms with E-state index in [2.05, 4.69) is 60.3 Å². The van der Waals surface area contributed by atoms with Gasteiger partial charge in [0.15, 0.2) is 11.5 Å². The maximum absolute atomic E-state index is 15.1. The highest BCUT2D eigenvalue weighted by Gasteiger charge is 2.21. The number of halogens is 1. The van der Waals surface area contributed by atoms with Crippen molar-refractivity contribution in [1.29, 1.82) is 0 Å². The van der Waals surface area contributed by atoms with Gasteiger partial charge in [-0.2, -0.15) is 5.10 Å². The van der Waals surface area contributed by atoms with E-state index >= 15 is 4.39 Å². The number of nitrogens with one attached hydrogen (secondary N) is 2. The van der Waals surface area contributed by atoms with Crippen LogP contribution in [0.15, 0.2) is 79.4 Å². The van der Waals surface area contributed by atoms with Crippen LogP contribution in [0.4, 0.5) is 4.39 Å². The molecule has 1 atom stereocenters. The van der Waals surface area contributed by atoms with Crippen molar-refractivity contribution in [3.05, 3.63) is 113 Å². The van der Waals surface area contributed by atoms with Crippen LogP contribution in [0.1, 0.15) is 67.7 Å². The van der Waals surface area contributed by atoms with Crippen LogP contribution < -0.4 is 0 Å². The van der Waals surface area contributed by atoms with Crippen LogP contribution in [0.2, 0.25) is 0 Å². The Kier molecular flexibility index (Phi) is 9.86. The Labute approximate surface area is 248 Å². The summed E-state index contributed by atoms with van der Waals surface area (Å²) in [5.41, 5.74) is 9.19. The van der Waals surface area contributed by atoms with Crippen LogP contribution in [-0.2, 0) is 0 Å². The van der Waals surface area contributed by atoms with Gasteiger partial charge in [0.1, 0.15) is 11.3 Å². The lowest BCUT2D eigenvalue weighted by molar-refractivity contribution is 0.377. The molecule has 0 saturated carbocycles. The predicted molar refractivity (Wildman–Crippen MR) is 174 cm³/mol. The summed E-state index contributed by atoms with van der Waals surface area (Å²) in [7, 11) is 4.12. The lowest BCUT2D eigenvalue weighted by Crippen LogP contribution is -2.16. The summed E-state index contributed by atoms with van der Waals surface area (Å²) in [6, 6.07) is 9.28. The summed E-state index contributed by atoms with van der Waals surface area (Å²) in [5.74, 6) is 0.581. The largest absolute Gasteiger partial charge is 0.340 e. The molecular formula is C35H41FN6. The molecule has 4 aromatic rings. The first kappa shape index (κ1) is 30.6. The Morgan fingerprint density at radius 3 is 2.52 bits per heavy atom. The number of fused-ring (bicyclic) bond motifs is 1. The minimum atomic E-state index is -0.259. The van der Waals surface area contributed by atoms with Gasteiger partial charge in [-0.25, -0.2) is 14.4 Å². The fourth-order valence-corrected chi connectivity index (χ4v) is 5.35. The zero-order chi connectivity index (χ0) is 30.4. The lowest BCUT2D eigenvalue weighted by atomic mass is 9.89. The summed E-state index contributed by atoms with van der Waals surface area (Å²) < 4.78 is 15.1. The Morgan fingerprint density at radius 2 is 1.86 bits per heavy atom. The molecule has 0 spiro atoms. The molecule has 42 heavy (non-hydrogen) atoms. The molecule has 2 N–H and O–H groups in total. The summed E-state index contributed by atoms with van der Waals surface area (Å²) in [4.78, 5) is 15.5. The first-order chi connectivity index (χ1) is 20.2. The Balaban J connectivity index is 1.78. The normalized spacial score (nSPS) is 13.7. The van der Waals surface area contributed by atoms with Crippen LogP contribution in [0, 0.1) is 12.7 Å². The van der Waals surface area contributed by atoms with Crippen molar-refractivity contribution < 1.29 is 4.39 Å². The number of aryl methyl sites for hydroxylation is 1. The van der Waals surface area contributed by atoms with Crippen LogP contribution in [-0.4, -0.2) is 50.7 Å². The number of hydrogen-bond donors (Lipinski definition) is 2. The van der Waals surface area contributed by atoms with Crippen LogP contribution in [0.3, 0.4) is 0 Å². The number of allylic oxidation sites excluding steroid dienone is 7. The van der Waals surface area contributed by atoms with Gasteiger partial charge in [-0.05, 0) is 107 Å². The van der Waals surface area contributed by atoms with E-state index in [4.69, 9.17) is 9.97 Å². The number of rotatable bonds is 12. The monoisotopic (exact) mass is 564 g/mol. The molecule has 3 heterocycles. The van der Waals surface area contributed by atoms with Gasteiger partial charge in [0.25, 0.3) is 0 Å². The second-order valence-corrected chi connectivity index (χ2v) is 10.8. The Bertz CT molecular complexity index is 1680. The zero-order valence-corrected chi connectivity index (χ0v) is 25.6. The molecule has 3 aromatic heterocycles. The topological polar surface area (TPSA) is 73.5 Å². The second kappa shape index (κ2) is 13.5. The molecule has 4 rings (SSSR count). The number of aromatic amines is 2. The van der Waals surface area contributed by atoms with E-state index in [1.165, 1.54) is 0 Å². The van der Waals surface area contributed by atoms with Gasteiger partial charge < -0.3 is 9.88 Å². The number of aromatic nitrogens is 5. The molecular weight excluding hydrogens is 523 g/mol. The molecule has 0 amide bonds. The van der Waals surface area contributed by atoms with Crippen molar-refractivity contribution in [2.45, 2.75) is 46.5 Å². The highest BCUT2D eigenvalue weighted by Crippen LogP contribution is 2.33. The smallest absolute Gasteiger partial charge is 0.161 e. The van der Waals surface area contributed by atoms with Crippen LogP contribution in [0.5, 0.6) is 0 Å². The van der Waals surface area contributed by atoms with Crippen molar-refractivity contribution in [3.63, 3.8) is 0 Å². The SMILES string of the molecule is C=C/C=C(C)\C(=C/C)c1ccc2[nH]nc(-c3nc(/C(=C\C=C)c4cc(F)cc(C(CC)CCN(C)C)c4)c(C)[nH]3)c2n1. The number of H-pyrrole nitrogens is 2. The molecule has 1 aromatic carbocycles. The van der Waals surface area contributed by atoms with Crippen molar-refractivity contribution in [3.8, 4) is 11.5 Å². The van der Waals surface area contributed by atoms with E-state index in [9.17, 15) is 0 Å². The minimum Gasteiger partial charge on any atom is -0.340 e. The van der Waals surface area contributed by atoms with Gasteiger partial charge in [0.2, 0.25) is 0 Å². The van der Waals surface area contributed by atoms with E-state index in [1.54, 1.807) is 24.3 Å². The quantitative estimate of drug-likeness (QED) is 0.170. The third-order valence-corrected chi connectivity index (χ3v) is 7.53. The lowest BCUT2D eigenvalue weighted by Gasteiger charge is -2.19. The number of hydrogen-bond acceptors (Lipinski definition) is 4. The van der Waals surface area contributed by atoms with E-state index < -0.39 is 0 Å². The summed E-state index contributed by atoms with van der Waals surface area (Å²) in [6.45, 7) is 16.8. The standard InChI is InChI=1S/C35H41FN6/c1-9-13-22(5)28(12-4)30-15-16-31-33(38-30)34(41-40-31)35-37-23(6)32(39-35)29(14-10-2)26-19-25(20-27(36)21-26)24(11-3)17-18-42(7)8/h9-10,12-16,19-21,24H,1-2,11,17-18H2,3-8H3,(H,37,39)(H,40,41)/b22-13-,28-12+,29-14-. The van der Waals surface area contributed by atoms with Gasteiger partial charge >= 0.3 is 0 Å². The predicted octanol–water partition coefficient (Wildman–Crippen LogP) is 8.39. The number of nitrogens with zero attached hydrogens (tertiary/aromatic N) is 4.